The molecule has 2 aromatic rings. The third kappa shape index (κ3) is 4.02. The first-order valence-corrected chi connectivity index (χ1v) is 7.46. The SMILES string of the molecule is Cc1ccc(N)cc1C(=O)N(Cc1cccc(F)c1)C1CC1.Cl. The molecule has 2 aromatic carbocycles. The predicted octanol–water partition coefficient (Wildman–Crippen LogP) is 3.94. The number of hydrogen-bond donors (Lipinski definition) is 1. The molecular formula is C18H20ClFN2O. The molecule has 1 aliphatic carbocycles. The highest BCUT2D eigenvalue weighted by Gasteiger charge is 2.33. The van der Waals surface area contributed by atoms with Gasteiger partial charge in [-0.05, 0) is 55.2 Å². The minimum Gasteiger partial charge on any atom is -0.399 e. The highest BCUT2D eigenvalue weighted by molar-refractivity contribution is 5.96. The van der Waals surface area contributed by atoms with Crippen LogP contribution in [-0.4, -0.2) is 16.8 Å². The molecule has 0 aliphatic heterocycles. The van der Waals surface area contributed by atoms with E-state index in [2.05, 4.69) is 0 Å². The first-order chi connectivity index (χ1) is 10.5. The highest BCUT2D eigenvalue weighted by Crippen LogP contribution is 2.30. The van der Waals surface area contributed by atoms with Gasteiger partial charge in [-0.15, -0.1) is 12.4 Å². The molecule has 0 saturated heterocycles. The van der Waals surface area contributed by atoms with E-state index in [9.17, 15) is 9.18 Å². The van der Waals surface area contributed by atoms with Crippen molar-refractivity contribution in [2.24, 2.45) is 0 Å². The lowest BCUT2D eigenvalue weighted by Crippen LogP contribution is -2.33. The third-order valence-electron chi connectivity index (χ3n) is 3.98. The van der Waals surface area contributed by atoms with Crippen molar-refractivity contribution in [3.8, 4) is 0 Å². The molecule has 0 unspecified atom stereocenters. The average molecular weight is 335 g/mol. The standard InChI is InChI=1S/C18H19FN2O.ClH/c1-12-5-6-15(20)10-17(12)18(22)21(16-7-8-16)11-13-3-2-4-14(19)9-13;/h2-6,9-10,16H,7-8,11,20H2,1H3;1H. The number of rotatable bonds is 4. The van der Waals surface area contributed by atoms with Crippen molar-refractivity contribution in [1.82, 2.24) is 4.90 Å². The lowest BCUT2D eigenvalue weighted by Gasteiger charge is -2.23. The number of carbonyl (C=O) groups excluding carboxylic acids is 1. The van der Waals surface area contributed by atoms with Crippen molar-refractivity contribution in [3.63, 3.8) is 0 Å². The highest BCUT2D eigenvalue weighted by atomic mass is 35.5. The summed E-state index contributed by atoms with van der Waals surface area (Å²) in [6.45, 7) is 2.33. The van der Waals surface area contributed by atoms with Gasteiger partial charge in [0.15, 0.2) is 0 Å². The molecule has 1 fully saturated rings. The summed E-state index contributed by atoms with van der Waals surface area (Å²) in [7, 11) is 0. The molecule has 1 saturated carbocycles. The minimum absolute atomic E-state index is 0. The van der Waals surface area contributed by atoms with Crippen molar-refractivity contribution >= 4 is 24.0 Å². The van der Waals surface area contributed by atoms with Gasteiger partial charge < -0.3 is 10.6 Å². The van der Waals surface area contributed by atoms with Crippen LogP contribution in [0.4, 0.5) is 10.1 Å². The van der Waals surface area contributed by atoms with Crippen LogP contribution in [-0.2, 0) is 6.54 Å². The van der Waals surface area contributed by atoms with E-state index >= 15 is 0 Å². The summed E-state index contributed by atoms with van der Waals surface area (Å²) >= 11 is 0. The number of nitrogens with two attached hydrogens (primary N) is 1. The maximum Gasteiger partial charge on any atom is 0.254 e. The Bertz CT molecular complexity index is 716. The summed E-state index contributed by atoms with van der Waals surface area (Å²) in [5, 5.41) is 0. The monoisotopic (exact) mass is 334 g/mol. The summed E-state index contributed by atoms with van der Waals surface area (Å²) in [4.78, 5) is 14.7. The maximum absolute atomic E-state index is 13.4. The first kappa shape index (κ1) is 17.3. The maximum atomic E-state index is 13.4. The van der Waals surface area contributed by atoms with E-state index in [1.165, 1.54) is 12.1 Å². The lowest BCUT2D eigenvalue weighted by molar-refractivity contribution is 0.0729. The number of nitrogen functional groups attached to an aromatic ring is 1. The fourth-order valence-electron chi connectivity index (χ4n) is 2.61. The molecule has 5 heteroatoms. The zero-order valence-corrected chi connectivity index (χ0v) is 13.8. The van der Waals surface area contributed by atoms with E-state index in [0.29, 0.717) is 17.8 Å². The molecule has 0 heterocycles. The Morgan fingerprint density at radius 3 is 2.65 bits per heavy atom. The van der Waals surface area contributed by atoms with E-state index in [1.807, 2.05) is 24.0 Å². The second-order valence-electron chi connectivity index (χ2n) is 5.87. The molecule has 1 amide bonds. The molecule has 3 nitrogen and oxygen atoms in total. The van der Waals surface area contributed by atoms with Gasteiger partial charge in [0.1, 0.15) is 5.82 Å². The number of aryl methyl sites for hydroxylation is 1. The van der Waals surface area contributed by atoms with Crippen molar-refractivity contribution < 1.29 is 9.18 Å². The van der Waals surface area contributed by atoms with E-state index in [1.54, 1.807) is 18.2 Å². The Morgan fingerprint density at radius 1 is 1.26 bits per heavy atom. The number of nitrogens with zero attached hydrogens (tertiary/aromatic N) is 1. The van der Waals surface area contributed by atoms with Gasteiger partial charge in [-0.2, -0.15) is 0 Å². The number of amides is 1. The Hall–Kier alpha value is -2.07. The van der Waals surface area contributed by atoms with Crippen LogP contribution in [0.5, 0.6) is 0 Å². The van der Waals surface area contributed by atoms with E-state index in [0.717, 1.165) is 24.0 Å². The third-order valence-corrected chi connectivity index (χ3v) is 3.98. The summed E-state index contributed by atoms with van der Waals surface area (Å²) in [6.07, 6.45) is 2.00. The normalized spacial score (nSPS) is 13.3. The molecule has 0 spiro atoms. The number of halogens is 2. The molecule has 2 N–H and O–H groups in total. The van der Waals surface area contributed by atoms with E-state index in [-0.39, 0.29) is 30.2 Å². The summed E-state index contributed by atoms with van der Waals surface area (Å²) in [5.41, 5.74) is 8.73. The van der Waals surface area contributed by atoms with Crippen LogP contribution in [0.2, 0.25) is 0 Å². The Labute approximate surface area is 141 Å². The zero-order valence-electron chi connectivity index (χ0n) is 13.0. The number of anilines is 1. The zero-order chi connectivity index (χ0) is 15.7. The smallest absolute Gasteiger partial charge is 0.254 e. The molecular weight excluding hydrogens is 315 g/mol. The van der Waals surface area contributed by atoms with Gasteiger partial charge in [0.05, 0.1) is 0 Å². The molecule has 3 rings (SSSR count). The Kier molecular flexibility index (Phi) is 5.26. The second kappa shape index (κ2) is 7.01. The fraction of sp³-hybridized carbons (Fsp3) is 0.278. The molecule has 122 valence electrons. The quantitative estimate of drug-likeness (QED) is 0.861. The fourth-order valence-corrected chi connectivity index (χ4v) is 2.61. The van der Waals surface area contributed by atoms with Crippen molar-refractivity contribution in [1.29, 1.82) is 0 Å². The minimum atomic E-state index is -0.277. The average Bonchev–Trinajstić information content (AvgIpc) is 3.31. The van der Waals surface area contributed by atoms with Gasteiger partial charge in [0.25, 0.3) is 5.91 Å². The largest absolute Gasteiger partial charge is 0.399 e. The number of benzene rings is 2. The molecule has 0 bridgehead atoms. The number of carbonyl (C=O) groups is 1. The summed E-state index contributed by atoms with van der Waals surface area (Å²) in [6, 6.07) is 12.0. The molecule has 0 radical (unpaired) electrons. The van der Waals surface area contributed by atoms with Crippen LogP contribution in [0.1, 0.15) is 34.3 Å². The van der Waals surface area contributed by atoms with Crippen molar-refractivity contribution in [2.45, 2.75) is 32.4 Å². The van der Waals surface area contributed by atoms with Crippen LogP contribution in [0.3, 0.4) is 0 Å². The van der Waals surface area contributed by atoms with Gasteiger partial charge in [-0.25, -0.2) is 4.39 Å². The summed E-state index contributed by atoms with van der Waals surface area (Å²) < 4.78 is 13.4. The Balaban J connectivity index is 0.00000192. The van der Waals surface area contributed by atoms with E-state index in [4.69, 9.17) is 5.73 Å². The molecule has 0 atom stereocenters. The van der Waals surface area contributed by atoms with Gasteiger partial charge in [-0.3, -0.25) is 4.79 Å². The summed E-state index contributed by atoms with van der Waals surface area (Å²) in [5.74, 6) is -0.308. The van der Waals surface area contributed by atoms with Crippen LogP contribution >= 0.6 is 12.4 Å². The van der Waals surface area contributed by atoms with Crippen LogP contribution in [0.25, 0.3) is 0 Å². The van der Waals surface area contributed by atoms with Crippen molar-refractivity contribution in [3.05, 3.63) is 65.0 Å². The molecule has 0 aromatic heterocycles. The molecule has 23 heavy (non-hydrogen) atoms. The van der Waals surface area contributed by atoms with Crippen LogP contribution < -0.4 is 5.73 Å². The predicted molar refractivity (Wildman–Crippen MR) is 92.1 cm³/mol. The van der Waals surface area contributed by atoms with E-state index < -0.39 is 0 Å². The number of hydrogen-bond acceptors (Lipinski definition) is 2. The van der Waals surface area contributed by atoms with Gasteiger partial charge in [0, 0.05) is 23.8 Å². The van der Waals surface area contributed by atoms with Gasteiger partial charge in [0.2, 0.25) is 0 Å². The topological polar surface area (TPSA) is 46.3 Å². The lowest BCUT2D eigenvalue weighted by atomic mass is 10.1. The Morgan fingerprint density at radius 2 is 2.00 bits per heavy atom. The second-order valence-corrected chi connectivity index (χ2v) is 5.87. The molecule has 1 aliphatic rings. The first-order valence-electron chi connectivity index (χ1n) is 7.46. The van der Waals surface area contributed by atoms with Crippen molar-refractivity contribution in [2.75, 3.05) is 5.73 Å². The van der Waals surface area contributed by atoms with Crippen LogP contribution in [0, 0.1) is 12.7 Å². The van der Waals surface area contributed by atoms with Crippen LogP contribution in [0.15, 0.2) is 42.5 Å². The van der Waals surface area contributed by atoms with Gasteiger partial charge >= 0.3 is 0 Å². The van der Waals surface area contributed by atoms with Gasteiger partial charge in [-0.1, -0.05) is 18.2 Å².